The minimum absolute atomic E-state index is 0.283. The van der Waals surface area contributed by atoms with Crippen LogP contribution in [0.3, 0.4) is 0 Å². The first-order chi connectivity index (χ1) is 13.5. The molecule has 0 N–H and O–H groups in total. The predicted octanol–water partition coefficient (Wildman–Crippen LogP) is 2.37. The number of piperazine rings is 1. The number of methoxy groups -OCH3 is 1. The molecule has 1 aromatic heterocycles. The zero-order valence-electron chi connectivity index (χ0n) is 15.9. The predicted molar refractivity (Wildman–Crippen MR) is 110 cm³/mol. The van der Waals surface area contributed by atoms with Gasteiger partial charge in [0, 0.05) is 49.6 Å². The maximum absolute atomic E-state index is 11.9. The Balaban J connectivity index is 1.60. The molecule has 0 radical (unpaired) electrons. The van der Waals surface area contributed by atoms with Gasteiger partial charge in [0.1, 0.15) is 17.9 Å². The number of fused-ring (bicyclic) bond motifs is 1. The number of benzene rings is 2. The lowest BCUT2D eigenvalue weighted by molar-refractivity contribution is 0.414. The first-order valence-corrected chi connectivity index (χ1v) is 10.9. The van der Waals surface area contributed by atoms with E-state index >= 15 is 0 Å². The molecular formula is C20H22N4O3S. The summed E-state index contributed by atoms with van der Waals surface area (Å²) in [4.78, 5) is 13.5. The summed E-state index contributed by atoms with van der Waals surface area (Å²) in [6, 6.07) is 13.1. The molecule has 1 saturated heterocycles. The molecule has 1 fully saturated rings. The van der Waals surface area contributed by atoms with Crippen LogP contribution in [0.25, 0.3) is 10.9 Å². The van der Waals surface area contributed by atoms with E-state index in [9.17, 15) is 8.42 Å². The van der Waals surface area contributed by atoms with Gasteiger partial charge in [-0.15, -0.1) is 0 Å². The van der Waals surface area contributed by atoms with E-state index in [0.29, 0.717) is 0 Å². The fraction of sp³-hybridized carbons (Fsp3) is 0.300. The van der Waals surface area contributed by atoms with Gasteiger partial charge in [-0.2, -0.15) is 0 Å². The van der Waals surface area contributed by atoms with Crippen LogP contribution < -0.4 is 14.5 Å². The Morgan fingerprint density at radius 1 is 0.964 bits per heavy atom. The van der Waals surface area contributed by atoms with Gasteiger partial charge in [0.25, 0.3) is 0 Å². The van der Waals surface area contributed by atoms with Crippen molar-refractivity contribution >= 4 is 32.2 Å². The van der Waals surface area contributed by atoms with Crippen molar-refractivity contribution in [3.8, 4) is 5.75 Å². The van der Waals surface area contributed by atoms with Crippen LogP contribution in [0.15, 0.2) is 53.7 Å². The van der Waals surface area contributed by atoms with Gasteiger partial charge < -0.3 is 14.5 Å². The van der Waals surface area contributed by atoms with E-state index in [1.54, 1.807) is 25.3 Å². The van der Waals surface area contributed by atoms with Crippen molar-refractivity contribution in [2.24, 2.45) is 0 Å². The van der Waals surface area contributed by atoms with E-state index < -0.39 is 9.84 Å². The highest BCUT2D eigenvalue weighted by Crippen LogP contribution is 2.28. The molecular weight excluding hydrogens is 376 g/mol. The van der Waals surface area contributed by atoms with E-state index in [1.165, 1.54) is 12.6 Å². The standard InChI is InChI=1S/C20H22N4O3S/c1-27-16-5-3-4-15(12-16)23-8-10-24(11-9-23)20-18-13-17(28(2,25)26)6-7-19(18)21-14-22-20/h3-7,12-14H,8-11H2,1-2H3. The summed E-state index contributed by atoms with van der Waals surface area (Å²) in [6.45, 7) is 3.24. The topological polar surface area (TPSA) is 75.6 Å². The van der Waals surface area contributed by atoms with Crippen molar-refractivity contribution in [2.45, 2.75) is 4.90 Å². The Bertz CT molecular complexity index is 1110. The molecule has 0 saturated carbocycles. The summed E-state index contributed by atoms with van der Waals surface area (Å²) >= 11 is 0. The molecule has 0 bridgehead atoms. The van der Waals surface area contributed by atoms with E-state index in [4.69, 9.17) is 4.74 Å². The van der Waals surface area contributed by atoms with E-state index in [-0.39, 0.29) is 4.90 Å². The van der Waals surface area contributed by atoms with Crippen LogP contribution in [0.2, 0.25) is 0 Å². The number of rotatable bonds is 4. The highest BCUT2D eigenvalue weighted by Gasteiger charge is 2.21. The Morgan fingerprint density at radius 3 is 2.43 bits per heavy atom. The maximum Gasteiger partial charge on any atom is 0.175 e. The molecule has 146 valence electrons. The quantitative estimate of drug-likeness (QED) is 0.668. The van der Waals surface area contributed by atoms with Crippen LogP contribution in [0.1, 0.15) is 0 Å². The average molecular weight is 398 g/mol. The summed E-state index contributed by atoms with van der Waals surface area (Å²) in [5, 5.41) is 0.764. The smallest absolute Gasteiger partial charge is 0.175 e. The number of sulfone groups is 1. The van der Waals surface area contributed by atoms with Crippen LogP contribution in [-0.2, 0) is 9.84 Å². The number of nitrogens with zero attached hydrogens (tertiary/aromatic N) is 4. The maximum atomic E-state index is 11.9. The summed E-state index contributed by atoms with van der Waals surface area (Å²) in [7, 11) is -1.62. The minimum Gasteiger partial charge on any atom is -0.497 e. The third-order valence-electron chi connectivity index (χ3n) is 5.01. The molecule has 28 heavy (non-hydrogen) atoms. The number of anilines is 2. The molecule has 0 spiro atoms. The SMILES string of the molecule is COc1cccc(N2CCN(c3ncnc4ccc(S(C)(=O)=O)cc34)CC2)c1. The first kappa shape index (κ1) is 18.5. The van der Waals surface area contributed by atoms with Crippen molar-refractivity contribution in [1.29, 1.82) is 0 Å². The Hall–Kier alpha value is -2.87. The average Bonchev–Trinajstić information content (AvgIpc) is 2.72. The lowest BCUT2D eigenvalue weighted by atomic mass is 10.2. The summed E-state index contributed by atoms with van der Waals surface area (Å²) in [5.74, 6) is 1.62. The van der Waals surface area contributed by atoms with Crippen LogP contribution in [0.5, 0.6) is 5.75 Å². The van der Waals surface area contributed by atoms with Gasteiger partial charge >= 0.3 is 0 Å². The normalized spacial score (nSPS) is 15.1. The second-order valence-corrected chi connectivity index (χ2v) is 8.84. The van der Waals surface area contributed by atoms with Gasteiger partial charge in [0.15, 0.2) is 9.84 Å². The fourth-order valence-corrected chi connectivity index (χ4v) is 4.14. The number of ether oxygens (including phenoxy) is 1. The molecule has 1 aliphatic heterocycles. The highest BCUT2D eigenvalue weighted by molar-refractivity contribution is 7.90. The molecule has 3 aromatic rings. The number of hydrogen-bond donors (Lipinski definition) is 0. The lowest BCUT2D eigenvalue weighted by Gasteiger charge is -2.37. The molecule has 0 unspecified atom stereocenters. The van der Waals surface area contributed by atoms with Crippen molar-refractivity contribution < 1.29 is 13.2 Å². The third-order valence-corrected chi connectivity index (χ3v) is 6.12. The first-order valence-electron chi connectivity index (χ1n) is 9.04. The summed E-state index contributed by atoms with van der Waals surface area (Å²) in [5.41, 5.74) is 1.87. The van der Waals surface area contributed by atoms with Crippen molar-refractivity contribution in [1.82, 2.24) is 9.97 Å². The molecule has 2 aromatic carbocycles. The van der Waals surface area contributed by atoms with Gasteiger partial charge in [-0.25, -0.2) is 18.4 Å². The zero-order valence-corrected chi connectivity index (χ0v) is 16.7. The van der Waals surface area contributed by atoms with Gasteiger partial charge in [-0.1, -0.05) is 6.07 Å². The van der Waals surface area contributed by atoms with E-state index in [0.717, 1.165) is 54.3 Å². The fourth-order valence-electron chi connectivity index (χ4n) is 3.49. The number of aromatic nitrogens is 2. The second kappa shape index (κ2) is 7.27. The number of hydrogen-bond acceptors (Lipinski definition) is 7. The summed E-state index contributed by atoms with van der Waals surface area (Å²) < 4.78 is 29.2. The minimum atomic E-state index is -3.29. The molecule has 7 nitrogen and oxygen atoms in total. The van der Waals surface area contributed by atoms with Crippen molar-refractivity contribution in [2.75, 3.05) is 49.3 Å². The largest absolute Gasteiger partial charge is 0.497 e. The molecule has 1 aliphatic rings. The van der Waals surface area contributed by atoms with Gasteiger partial charge in [-0.05, 0) is 30.3 Å². The van der Waals surface area contributed by atoms with E-state index in [1.807, 2.05) is 18.2 Å². The Kier molecular flexibility index (Phi) is 4.80. The Morgan fingerprint density at radius 2 is 1.71 bits per heavy atom. The molecule has 8 heteroatoms. The lowest BCUT2D eigenvalue weighted by Crippen LogP contribution is -2.46. The van der Waals surface area contributed by atoms with Gasteiger partial charge in [0.2, 0.25) is 0 Å². The third kappa shape index (κ3) is 3.60. The Labute approximate surface area is 164 Å². The monoisotopic (exact) mass is 398 g/mol. The van der Waals surface area contributed by atoms with Crippen molar-refractivity contribution in [3.05, 3.63) is 48.8 Å². The zero-order chi connectivity index (χ0) is 19.7. The molecule has 0 aliphatic carbocycles. The van der Waals surface area contributed by atoms with Gasteiger partial charge in [0.05, 0.1) is 17.5 Å². The van der Waals surface area contributed by atoms with Crippen LogP contribution in [-0.4, -0.2) is 57.9 Å². The second-order valence-electron chi connectivity index (χ2n) is 6.82. The molecule has 0 amide bonds. The van der Waals surface area contributed by atoms with Crippen molar-refractivity contribution in [3.63, 3.8) is 0 Å². The van der Waals surface area contributed by atoms with Crippen LogP contribution >= 0.6 is 0 Å². The van der Waals surface area contributed by atoms with Gasteiger partial charge in [-0.3, -0.25) is 0 Å². The summed E-state index contributed by atoms with van der Waals surface area (Å²) in [6.07, 6.45) is 2.75. The molecule has 0 atom stereocenters. The van der Waals surface area contributed by atoms with E-state index in [2.05, 4.69) is 25.8 Å². The van der Waals surface area contributed by atoms with Crippen LogP contribution in [0, 0.1) is 0 Å². The molecule has 4 rings (SSSR count). The van der Waals surface area contributed by atoms with Crippen LogP contribution in [0.4, 0.5) is 11.5 Å². The highest BCUT2D eigenvalue weighted by atomic mass is 32.2. The molecule has 2 heterocycles.